The number of phenols is 1. The summed E-state index contributed by atoms with van der Waals surface area (Å²) < 4.78 is 0. The van der Waals surface area contributed by atoms with E-state index in [0.29, 0.717) is 13.1 Å². The highest BCUT2D eigenvalue weighted by Gasteiger charge is 2.19. The van der Waals surface area contributed by atoms with Crippen molar-refractivity contribution in [1.82, 2.24) is 9.88 Å². The lowest BCUT2D eigenvalue weighted by atomic mass is 10.1. The molecule has 0 bridgehead atoms. The van der Waals surface area contributed by atoms with Gasteiger partial charge < -0.3 is 10.0 Å². The standard InChI is InChI=1S/C17H17N3O2/c1-13-5-6-15(16(21)10-13)17(22)20(9-3-7-18)12-14-4-2-8-19-11-14/h2,4-6,8,10-11,21H,3,9,12H2,1H3. The van der Waals surface area contributed by atoms with E-state index in [2.05, 4.69) is 4.98 Å². The van der Waals surface area contributed by atoms with Crippen LogP contribution in [0.25, 0.3) is 0 Å². The quantitative estimate of drug-likeness (QED) is 0.920. The molecule has 1 aromatic heterocycles. The van der Waals surface area contributed by atoms with Crippen LogP contribution in [0.5, 0.6) is 5.75 Å². The number of nitriles is 1. The molecule has 2 aromatic rings. The van der Waals surface area contributed by atoms with Crippen molar-refractivity contribution in [2.75, 3.05) is 6.54 Å². The summed E-state index contributed by atoms with van der Waals surface area (Å²) in [5.74, 6) is -0.338. The number of phenolic OH excluding ortho intramolecular Hbond substituents is 1. The SMILES string of the molecule is Cc1ccc(C(=O)N(CCC#N)Cc2cccnc2)c(O)c1. The summed E-state index contributed by atoms with van der Waals surface area (Å²) in [6.07, 6.45) is 3.58. The number of pyridine rings is 1. The normalized spacial score (nSPS) is 10.0. The number of aromatic hydroxyl groups is 1. The molecule has 0 unspecified atom stereocenters. The van der Waals surface area contributed by atoms with Crippen molar-refractivity contribution >= 4 is 5.91 Å². The van der Waals surface area contributed by atoms with Crippen molar-refractivity contribution in [1.29, 1.82) is 5.26 Å². The van der Waals surface area contributed by atoms with Gasteiger partial charge in [0, 0.05) is 25.5 Å². The number of carbonyl (C=O) groups is 1. The second kappa shape index (κ2) is 7.23. The topological polar surface area (TPSA) is 77.2 Å². The molecule has 0 atom stereocenters. The summed E-state index contributed by atoms with van der Waals surface area (Å²) in [4.78, 5) is 18.2. The van der Waals surface area contributed by atoms with Gasteiger partial charge in [-0.15, -0.1) is 0 Å². The average Bonchev–Trinajstić information content (AvgIpc) is 2.52. The largest absolute Gasteiger partial charge is 0.507 e. The summed E-state index contributed by atoms with van der Waals surface area (Å²) >= 11 is 0. The first kappa shape index (κ1) is 15.5. The van der Waals surface area contributed by atoms with Crippen LogP contribution in [0.4, 0.5) is 0 Å². The van der Waals surface area contributed by atoms with Crippen molar-refractivity contribution in [2.45, 2.75) is 19.9 Å². The van der Waals surface area contributed by atoms with Crippen LogP contribution in [-0.2, 0) is 6.54 Å². The zero-order valence-electron chi connectivity index (χ0n) is 12.4. The number of hydrogen-bond acceptors (Lipinski definition) is 4. The summed E-state index contributed by atoms with van der Waals surface area (Å²) in [5.41, 5.74) is 2.00. The van der Waals surface area contributed by atoms with Crippen LogP contribution in [0.2, 0.25) is 0 Å². The van der Waals surface area contributed by atoms with Crippen molar-refractivity contribution < 1.29 is 9.90 Å². The van der Waals surface area contributed by atoms with Gasteiger partial charge in [0.05, 0.1) is 18.1 Å². The molecule has 0 aliphatic heterocycles. The van der Waals surface area contributed by atoms with Gasteiger partial charge in [-0.2, -0.15) is 5.26 Å². The average molecular weight is 295 g/mol. The van der Waals surface area contributed by atoms with Crippen molar-refractivity contribution in [3.05, 3.63) is 59.4 Å². The Morgan fingerprint density at radius 1 is 1.41 bits per heavy atom. The zero-order valence-corrected chi connectivity index (χ0v) is 12.4. The fraction of sp³-hybridized carbons (Fsp3) is 0.235. The van der Waals surface area contributed by atoms with Gasteiger partial charge >= 0.3 is 0 Å². The van der Waals surface area contributed by atoms with Gasteiger partial charge in [-0.3, -0.25) is 9.78 Å². The molecule has 0 saturated heterocycles. The van der Waals surface area contributed by atoms with Crippen molar-refractivity contribution in [2.24, 2.45) is 0 Å². The molecular formula is C17H17N3O2. The Morgan fingerprint density at radius 2 is 2.23 bits per heavy atom. The van der Waals surface area contributed by atoms with Crippen LogP contribution in [0.15, 0.2) is 42.7 Å². The Balaban J connectivity index is 2.24. The molecule has 2 rings (SSSR count). The maximum Gasteiger partial charge on any atom is 0.257 e. The number of carbonyl (C=O) groups excluding carboxylic acids is 1. The van der Waals surface area contributed by atoms with Gasteiger partial charge in [0.15, 0.2) is 0 Å². The van der Waals surface area contributed by atoms with Crippen LogP contribution in [0.1, 0.15) is 27.9 Å². The monoisotopic (exact) mass is 295 g/mol. The van der Waals surface area contributed by atoms with E-state index >= 15 is 0 Å². The van der Waals surface area contributed by atoms with E-state index in [1.807, 2.05) is 19.1 Å². The highest BCUT2D eigenvalue weighted by atomic mass is 16.3. The van der Waals surface area contributed by atoms with E-state index in [4.69, 9.17) is 5.26 Å². The molecule has 1 aromatic carbocycles. The predicted octanol–water partition coefficient (Wildman–Crippen LogP) is 2.65. The van der Waals surface area contributed by atoms with Gasteiger partial charge in [0.25, 0.3) is 5.91 Å². The molecule has 1 amide bonds. The molecule has 22 heavy (non-hydrogen) atoms. The Hall–Kier alpha value is -2.87. The highest BCUT2D eigenvalue weighted by Crippen LogP contribution is 2.21. The van der Waals surface area contributed by atoms with Crippen LogP contribution in [0, 0.1) is 18.3 Å². The van der Waals surface area contributed by atoms with E-state index in [9.17, 15) is 9.90 Å². The third-order valence-electron chi connectivity index (χ3n) is 3.26. The molecule has 5 nitrogen and oxygen atoms in total. The fourth-order valence-corrected chi connectivity index (χ4v) is 2.14. The molecule has 112 valence electrons. The first-order valence-corrected chi connectivity index (χ1v) is 6.96. The first-order chi connectivity index (χ1) is 10.6. The van der Waals surface area contributed by atoms with Crippen LogP contribution >= 0.6 is 0 Å². The molecule has 5 heteroatoms. The number of aromatic nitrogens is 1. The first-order valence-electron chi connectivity index (χ1n) is 6.96. The minimum absolute atomic E-state index is 0.0434. The zero-order chi connectivity index (χ0) is 15.9. The molecule has 1 heterocycles. The number of aryl methyl sites for hydroxylation is 1. The van der Waals surface area contributed by atoms with Gasteiger partial charge in [-0.25, -0.2) is 0 Å². The van der Waals surface area contributed by atoms with E-state index in [1.165, 1.54) is 0 Å². The van der Waals surface area contributed by atoms with Gasteiger partial charge in [-0.1, -0.05) is 12.1 Å². The van der Waals surface area contributed by atoms with E-state index in [1.54, 1.807) is 41.6 Å². The lowest BCUT2D eigenvalue weighted by Gasteiger charge is -2.22. The maximum atomic E-state index is 12.6. The number of benzene rings is 1. The van der Waals surface area contributed by atoms with Gasteiger partial charge in [-0.05, 0) is 36.2 Å². The maximum absolute atomic E-state index is 12.6. The third kappa shape index (κ3) is 3.83. The molecule has 0 fully saturated rings. The predicted molar refractivity (Wildman–Crippen MR) is 82.1 cm³/mol. The van der Waals surface area contributed by atoms with Crippen LogP contribution in [-0.4, -0.2) is 27.4 Å². The second-order valence-electron chi connectivity index (χ2n) is 5.02. The van der Waals surface area contributed by atoms with Gasteiger partial charge in [0.1, 0.15) is 5.75 Å². The second-order valence-corrected chi connectivity index (χ2v) is 5.02. The van der Waals surface area contributed by atoms with E-state index in [-0.39, 0.29) is 23.6 Å². The van der Waals surface area contributed by atoms with Gasteiger partial charge in [0.2, 0.25) is 0 Å². The molecule has 0 aliphatic carbocycles. The minimum Gasteiger partial charge on any atom is -0.507 e. The Labute approximate surface area is 129 Å². The third-order valence-corrected chi connectivity index (χ3v) is 3.26. The van der Waals surface area contributed by atoms with E-state index < -0.39 is 0 Å². The molecule has 1 N–H and O–H groups in total. The summed E-state index contributed by atoms with van der Waals surface area (Å²) in [7, 11) is 0. The molecule has 0 saturated carbocycles. The Bertz CT molecular complexity index is 693. The number of hydrogen-bond donors (Lipinski definition) is 1. The molecule has 0 aliphatic rings. The number of amides is 1. The number of nitrogens with zero attached hydrogens (tertiary/aromatic N) is 3. The fourth-order valence-electron chi connectivity index (χ4n) is 2.14. The molecule has 0 radical (unpaired) electrons. The van der Waals surface area contributed by atoms with Crippen LogP contribution in [0.3, 0.4) is 0 Å². The number of rotatable bonds is 5. The smallest absolute Gasteiger partial charge is 0.257 e. The van der Waals surface area contributed by atoms with Crippen LogP contribution < -0.4 is 0 Å². The van der Waals surface area contributed by atoms with E-state index in [0.717, 1.165) is 11.1 Å². The molecule has 0 spiro atoms. The van der Waals surface area contributed by atoms with Crippen molar-refractivity contribution in [3.8, 4) is 11.8 Å². The lowest BCUT2D eigenvalue weighted by Crippen LogP contribution is -2.31. The summed E-state index contributed by atoms with van der Waals surface area (Å²) in [6.45, 7) is 2.50. The summed E-state index contributed by atoms with van der Waals surface area (Å²) in [5, 5.41) is 18.8. The Morgan fingerprint density at radius 3 is 2.86 bits per heavy atom. The lowest BCUT2D eigenvalue weighted by molar-refractivity contribution is 0.0743. The summed E-state index contributed by atoms with van der Waals surface area (Å²) in [6, 6.07) is 10.6. The minimum atomic E-state index is -0.295. The molecular weight excluding hydrogens is 278 g/mol. The highest BCUT2D eigenvalue weighted by molar-refractivity contribution is 5.96. The Kier molecular flexibility index (Phi) is 5.10. The van der Waals surface area contributed by atoms with Crippen molar-refractivity contribution in [3.63, 3.8) is 0 Å².